The van der Waals surface area contributed by atoms with Crippen LogP contribution in [0, 0.1) is 5.92 Å². The van der Waals surface area contributed by atoms with Crippen LogP contribution in [0.5, 0.6) is 5.88 Å². The normalized spacial score (nSPS) is 14.7. The van der Waals surface area contributed by atoms with Gasteiger partial charge in [0.25, 0.3) is 0 Å². The molecule has 0 aliphatic heterocycles. The maximum atomic E-state index is 12.7. The Morgan fingerprint density at radius 3 is 2.51 bits per heavy atom. The molecule has 1 aliphatic rings. The molecule has 5 rings (SSSR count). The average Bonchev–Trinajstić information content (AvgIpc) is 3.37. The van der Waals surface area contributed by atoms with Gasteiger partial charge in [0.05, 0.1) is 17.8 Å². The topological polar surface area (TPSA) is 122 Å². The number of H-pyrrole nitrogens is 1. The molecular formula is C25H28N6O3S. The first kappa shape index (κ1) is 23.3. The molecule has 182 valence electrons. The molecule has 1 aliphatic carbocycles. The molecule has 0 saturated heterocycles. The van der Waals surface area contributed by atoms with Gasteiger partial charge in [-0.15, -0.1) is 0 Å². The second-order valence-corrected chi connectivity index (χ2v) is 10.5. The lowest BCUT2D eigenvalue weighted by molar-refractivity contribution is 0.205. The van der Waals surface area contributed by atoms with Crippen molar-refractivity contribution in [2.45, 2.75) is 43.5 Å². The highest BCUT2D eigenvalue weighted by atomic mass is 32.2. The summed E-state index contributed by atoms with van der Waals surface area (Å²) in [6.07, 6.45) is 7.72. The molecule has 2 heterocycles. The number of aromatic nitrogens is 4. The van der Waals surface area contributed by atoms with E-state index in [0.717, 1.165) is 5.56 Å². The predicted molar refractivity (Wildman–Crippen MR) is 134 cm³/mol. The molecule has 3 N–H and O–H groups in total. The summed E-state index contributed by atoms with van der Waals surface area (Å²) in [6.45, 7) is 0.845. The van der Waals surface area contributed by atoms with E-state index in [2.05, 4.69) is 30.0 Å². The third-order valence-electron chi connectivity index (χ3n) is 6.16. The smallest absolute Gasteiger partial charge is 0.245 e. The molecule has 2 aromatic heterocycles. The van der Waals surface area contributed by atoms with Gasteiger partial charge in [-0.05, 0) is 48.6 Å². The summed E-state index contributed by atoms with van der Waals surface area (Å²) in [6, 6.07) is 15.8. The highest BCUT2D eigenvalue weighted by molar-refractivity contribution is 7.89. The van der Waals surface area contributed by atoms with E-state index in [1.807, 2.05) is 30.3 Å². The molecule has 9 nitrogen and oxygen atoms in total. The van der Waals surface area contributed by atoms with E-state index < -0.39 is 10.0 Å². The van der Waals surface area contributed by atoms with E-state index in [1.165, 1.54) is 32.1 Å². The van der Waals surface area contributed by atoms with Gasteiger partial charge in [-0.3, -0.25) is 0 Å². The molecule has 4 aromatic rings. The van der Waals surface area contributed by atoms with E-state index in [4.69, 9.17) is 4.74 Å². The molecule has 0 radical (unpaired) electrons. The summed E-state index contributed by atoms with van der Waals surface area (Å²) in [5.74, 6) is 1.34. The number of ether oxygens (including phenoxy) is 1. The SMILES string of the molecule is O=S(=O)(NCc1ccccc1)c1ccc(Nc2nc(OCC3CCCCC3)c3[nH]cnc3n2)cc1. The zero-order chi connectivity index (χ0) is 24.1. The van der Waals surface area contributed by atoms with Crippen LogP contribution in [0.1, 0.15) is 37.7 Å². The van der Waals surface area contributed by atoms with Crippen LogP contribution in [-0.2, 0) is 16.6 Å². The van der Waals surface area contributed by atoms with Gasteiger partial charge in [0, 0.05) is 12.2 Å². The van der Waals surface area contributed by atoms with Crippen LogP contribution < -0.4 is 14.8 Å². The van der Waals surface area contributed by atoms with Crippen molar-refractivity contribution >= 4 is 32.8 Å². The quantitative estimate of drug-likeness (QED) is 0.314. The molecule has 2 aromatic carbocycles. The molecule has 0 unspecified atom stereocenters. The fraction of sp³-hybridized carbons (Fsp3) is 0.320. The summed E-state index contributed by atoms with van der Waals surface area (Å²) < 4.78 is 34.0. The van der Waals surface area contributed by atoms with Crippen molar-refractivity contribution in [2.75, 3.05) is 11.9 Å². The van der Waals surface area contributed by atoms with E-state index in [1.54, 1.807) is 30.6 Å². The number of nitrogens with one attached hydrogen (secondary N) is 3. The van der Waals surface area contributed by atoms with Crippen LogP contribution in [0.15, 0.2) is 65.8 Å². The molecule has 0 amide bonds. The summed E-state index contributed by atoms with van der Waals surface area (Å²) in [5, 5.41) is 3.13. The average molecular weight is 493 g/mol. The van der Waals surface area contributed by atoms with Gasteiger partial charge in [0.1, 0.15) is 5.52 Å². The van der Waals surface area contributed by atoms with E-state index >= 15 is 0 Å². The second-order valence-electron chi connectivity index (χ2n) is 8.73. The number of anilines is 2. The molecule has 0 bridgehead atoms. The van der Waals surface area contributed by atoms with Crippen LogP contribution in [0.4, 0.5) is 11.6 Å². The van der Waals surface area contributed by atoms with Crippen LogP contribution in [0.25, 0.3) is 11.2 Å². The highest BCUT2D eigenvalue weighted by Gasteiger charge is 2.18. The fourth-order valence-electron chi connectivity index (χ4n) is 4.22. The van der Waals surface area contributed by atoms with Crippen LogP contribution in [0.2, 0.25) is 0 Å². The summed E-state index contributed by atoms with van der Waals surface area (Å²) >= 11 is 0. The fourth-order valence-corrected chi connectivity index (χ4v) is 5.24. The first-order chi connectivity index (χ1) is 17.1. The lowest BCUT2D eigenvalue weighted by atomic mass is 9.90. The van der Waals surface area contributed by atoms with Gasteiger partial charge in [0.2, 0.25) is 21.9 Å². The predicted octanol–water partition coefficient (Wildman–Crippen LogP) is 4.53. The Morgan fingerprint density at radius 1 is 0.971 bits per heavy atom. The third kappa shape index (κ3) is 5.77. The second kappa shape index (κ2) is 10.4. The summed E-state index contributed by atoms with van der Waals surface area (Å²) in [5.41, 5.74) is 2.71. The molecule has 0 atom stereocenters. The van der Waals surface area contributed by atoms with Crippen molar-refractivity contribution < 1.29 is 13.2 Å². The van der Waals surface area contributed by atoms with Gasteiger partial charge in [-0.1, -0.05) is 49.6 Å². The van der Waals surface area contributed by atoms with Crippen LogP contribution in [-0.4, -0.2) is 35.0 Å². The Kier molecular flexibility index (Phi) is 6.91. The molecule has 1 fully saturated rings. The summed E-state index contributed by atoms with van der Waals surface area (Å²) in [7, 11) is -3.64. The monoisotopic (exact) mass is 492 g/mol. The van der Waals surface area contributed by atoms with Crippen molar-refractivity contribution in [1.82, 2.24) is 24.7 Å². The Labute approximate surface area is 204 Å². The maximum absolute atomic E-state index is 12.7. The number of nitrogens with zero attached hydrogens (tertiary/aromatic N) is 3. The van der Waals surface area contributed by atoms with Gasteiger partial charge >= 0.3 is 0 Å². The number of aromatic amines is 1. The Hall–Kier alpha value is -3.50. The molecule has 1 saturated carbocycles. The lowest BCUT2D eigenvalue weighted by Gasteiger charge is -2.21. The summed E-state index contributed by atoms with van der Waals surface area (Å²) in [4.78, 5) is 16.5. The molecule has 0 spiro atoms. The lowest BCUT2D eigenvalue weighted by Crippen LogP contribution is -2.23. The number of sulfonamides is 1. The number of benzene rings is 2. The number of fused-ring (bicyclic) bond motifs is 1. The highest BCUT2D eigenvalue weighted by Crippen LogP contribution is 2.27. The number of rotatable bonds is 9. The Balaban J connectivity index is 1.27. The standard InChI is InChI=1S/C25H28N6O3S/c32-35(33,28-15-18-7-3-1-4-8-18)21-13-11-20(12-14-21)29-25-30-23-22(26-17-27-23)24(31-25)34-16-19-9-5-2-6-10-19/h1,3-4,7-8,11-14,17,19,28H,2,5-6,9-10,15-16H2,(H2,26,27,29,30,31). The van der Waals surface area contributed by atoms with Gasteiger partial charge in [0.15, 0.2) is 5.65 Å². The Bertz CT molecular complexity index is 1370. The van der Waals surface area contributed by atoms with Crippen molar-refractivity contribution in [3.8, 4) is 5.88 Å². The van der Waals surface area contributed by atoms with E-state index in [0.29, 0.717) is 41.2 Å². The van der Waals surface area contributed by atoms with E-state index in [-0.39, 0.29) is 11.4 Å². The molecule has 10 heteroatoms. The van der Waals surface area contributed by atoms with Crippen LogP contribution in [0.3, 0.4) is 0 Å². The first-order valence-electron chi connectivity index (χ1n) is 11.8. The van der Waals surface area contributed by atoms with E-state index in [9.17, 15) is 8.42 Å². The molecule has 35 heavy (non-hydrogen) atoms. The van der Waals surface area contributed by atoms with Crippen molar-refractivity contribution in [3.05, 3.63) is 66.5 Å². The van der Waals surface area contributed by atoms with Crippen molar-refractivity contribution in [2.24, 2.45) is 5.92 Å². The number of hydrogen-bond donors (Lipinski definition) is 3. The minimum absolute atomic E-state index is 0.180. The molecular weight excluding hydrogens is 464 g/mol. The number of hydrogen-bond acceptors (Lipinski definition) is 7. The zero-order valence-electron chi connectivity index (χ0n) is 19.3. The zero-order valence-corrected chi connectivity index (χ0v) is 20.1. The minimum Gasteiger partial charge on any atom is -0.476 e. The Morgan fingerprint density at radius 2 is 1.74 bits per heavy atom. The largest absolute Gasteiger partial charge is 0.476 e. The minimum atomic E-state index is -3.64. The van der Waals surface area contributed by atoms with Crippen LogP contribution >= 0.6 is 0 Å². The third-order valence-corrected chi connectivity index (χ3v) is 7.58. The first-order valence-corrected chi connectivity index (χ1v) is 13.3. The van der Waals surface area contributed by atoms with Gasteiger partial charge < -0.3 is 15.0 Å². The van der Waals surface area contributed by atoms with Gasteiger partial charge in [-0.25, -0.2) is 18.1 Å². The maximum Gasteiger partial charge on any atom is 0.245 e. The van der Waals surface area contributed by atoms with Crippen molar-refractivity contribution in [1.29, 1.82) is 0 Å². The van der Waals surface area contributed by atoms with Gasteiger partial charge in [-0.2, -0.15) is 9.97 Å². The van der Waals surface area contributed by atoms with Crippen molar-refractivity contribution in [3.63, 3.8) is 0 Å². The number of imidazole rings is 1.